The summed E-state index contributed by atoms with van der Waals surface area (Å²) in [5, 5.41) is 2.84. The number of sulfonamides is 1. The summed E-state index contributed by atoms with van der Waals surface area (Å²) < 4.78 is 45.4. The quantitative estimate of drug-likeness (QED) is 0.799. The molecule has 0 saturated carbocycles. The highest BCUT2D eigenvalue weighted by Gasteiger charge is 2.25. The summed E-state index contributed by atoms with van der Waals surface area (Å²) in [6, 6.07) is 8.49. The maximum atomic E-state index is 13.4. The molecule has 0 spiro atoms. The van der Waals surface area contributed by atoms with Crippen LogP contribution in [-0.4, -0.2) is 27.5 Å². The van der Waals surface area contributed by atoms with E-state index in [1.54, 1.807) is 24.3 Å². The van der Waals surface area contributed by atoms with Gasteiger partial charge in [-0.15, -0.1) is 0 Å². The second-order valence-electron chi connectivity index (χ2n) is 5.11. The van der Waals surface area contributed by atoms with Gasteiger partial charge in [-0.2, -0.15) is 4.72 Å². The van der Waals surface area contributed by atoms with E-state index in [1.807, 2.05) is 0 Å². The molecule has 1 atom stereocenters. The van der Waals surface area contributed by atoms with Gasteiger partial charge in [0.15, 0.2) is 0 Å². The highest BCUT2D eigenvalue weighted by Crippen LogP contribution is 2.25. The molecule has 2 aromatic carbocycles. The zero-order valence-corrected chi connectivity index (χ0v) is 15.0. The van der Waals surface area contributed by atoms with Crippen molar-refractivity contribution in [2.45, 2.75) is 17.9 Å². The number of para-hydroxylation sites is 1. The van der Waals surface area contributed by atoms with E-state index < -0.39 is 32.7 Å². The third-order valence-corrected chi connectivity index (χ3v) is 5.16. The van der Waals surface area contributed by atoms with Crippen molar-refractivity contribution in [2.75, 3.05) is 12.4 Å². The number of anilines is 1. The average Bonchev–Trinajstić information content (AvgIpc) is 2.56. The van der Waals surface area contributed by atoms with E-state index in [1.165, 1.54) is 20.1 Å². The first-order valence-corrected chi connectivity index (χ1v) is 9.02. The molecular weight excluding hydrogens is 371 g/mol. The first-order chi connectivity index (χ1) is 11.7. The molecule has 134 valence electrons. The highest BCUT2D eigenvalue weighted by atomic mass is 35.5. The first-order valence-electron chi connectivity index (χ1n) is 7.16. The van der Waals surface area contributed by atoms with Gasteiger partial charge in [-0.1, -0.05) is 23.7 Å². The third kappa shape index (κ3) is 4.68. The van der Waals surface area contributed by atoms with Crippen molar-refractivity contribution in [2.24, 2.45) is 0 Å². The van der Waals surface area contributed by atoms with Crippen LogP contribution in [0.5, 0.6) is 5.75 Å². The van der Waals surface area contributed by atoms with Gasteiger partial charge in [-0.05, 0) is 37.3 Å². The maximum Gasteiger partial charge on any atom is 0.245 e. The van der Waals surface area contributed by atoms with Crippen LogP contribution >= 0.6 is 11.6 Å². The van der Waals surface area contributed by atoms with Crippen molar-refractivity contribution in [3.05, 3.63) is 53.3 Å². The van der Waals surface area contributed by atoms with Crippen molar-refractivity contribution in [1.29, 1.82) is 0 Å². The van der Waals surface area contributed by atoms with Crippen LogP contribution in [0.4, 0.5) is 10.1 Å². The topological polar surface area (TPSA) is 84.5 Å². The van der Waals surface area contributed by atoms with Gasteiger partial charge < -0.3 is 10.1 Å². The Labute approximate surface area is 150 Å². The molecular formula is C16H16ClFN2O4S. The second-order valence-corrected chi connectivity index (χ2v) is 7.20. The van der Waals surface area contributed by atoms with Crippen LogP contribution in [0.1, 0.15) is 6.92 Å². The number of halogens is 2. The Morgan fingerprint density at radius 2 is 1.92 bits per heavy atom. The molecule has 25 heavy (non-hydrogen) atoms. The lowest BCUT2D eigenvalue weighted by Crippen LogP contribution is -2.41. The van der Waals surface area contributed by atoms with Gasteiger partial charge in [0.1, 0.15) is 16.5 Å². The molecule has 9 heteroatoms. The summed E-state index contributed by atoms with van der Waals surface area (Å²) in [6.45, 7) is 1.36. The van der Waals surface area contributed by atoms with E-state index in [4.69, 9.17) is 16.3 Å². The summed E-state index contributed by atoms with van der Waals surface area (Å²) >= 11 is 5.95. The predicted octanol–water partition coefficient (Wildman–Crippen LogP) is 2.79. The van der Waals surface area contributed by atoms with Crippen LogP contribution in [0, 0.1) is 5.82 Å². The van der Waals surface area contributed by atoms with E-state index in [0.29, 0.717) is 10.7 Å². The average molecular weight is 387 g/mol. The molecule has 0 saturated heterocycles. The molecule has 0 radical (unpaired) electrons. The highest BCUT2D eigenvalue weighted by molar-refractivity contribution is 7.89. The number of ether oxygens (including phenoxy) is 1. The van der Waals surface area contributed by atoms with E-state index in [2.05, 4.69) is 10.0 Å². The molecule has 0 heterocycles. The van der Waals surface area contributed by atoms with Crippen LogP contribution in [0.25, 0.3) is 0 Å². The molecule has 0 fully saturated rings. The molecule has 0 aromatic heterocycles. The smallest absolute Gasteiger partial charge is 0.245 e. The van der Waals surface area contributed by atoms with Crippen molar-refractivity contribution in [1.82, 2.24) is 4.72 Å². The number of rotatable bonds is 6. The van der Waals surface area contributed by atoms with E-state index >= 15 is 0 Å². The first kappa shape index (κ1) is 19.2. The number of hydrogen-bond donors (Lipinski definition) is 2. The fraction of sp³-hybridized carbons (Fsp3) is 0.188. The molecule has 0 aliphatic carbocycles. The largest absolute Gasteiger partial charge is 0.495 e. The lowest BCUT2D eigenvalue weighted by molar-refractivity contribution is -0.117. The van der Waals surface area contributed by atoms with Gasteiger partial charge in [0.25, 0.3) is 0 Å². The predicted molar refractivity (Wildman–Crippen MR) is 92.8 cm³/mol. The van der Waals surface area contributed by atoms with Crippen LogP contribution in [0.2, 0.25) is 5.02 Å². The monoisotopic (exact) mass is 386 g/mol. The van der Waals surface area contributed by atoms with Crippen molar-refractivity contribution < 1.29 is 22.3 Å². The minimum atomic E-state index is -4.18. The molecule has 1 amide bonds. The van der Waals surface area contributed by atoms with Gasteiger partial charge in [-0.3, -0.25) is 4.79 Å². The van der Waals surface area contributed by atoms with Gasteiger partial charge in [0.05, 0.1) is 23.9 Å². The van der Waals surface area contributed by atoms with Gasteiger partial charge in [0.2, 0.25) is 15.9 Å². The Hall–Kier alpha value is -2.16. The molecule has 0 aliphatic rings. The summed E-state index contributed by atoms with van der Waals surface area (Å²) in [7, 11) is -2.92. The van der Waals surface area contributed by atoms with Crippen LogP contribution in [-0.2, 0) is 14.8 Å². The van der Waals surface area contributed by atoms with E-state index in [9.17, 15) is 17.6 Å². The van der Waals surface area contributed by atoms with E-state index in [-0.39, 0.29) is 5.75 Å². The summed E-state index contributed by atoms with van der Waals surface area (Å²) in [4.78, 5) is 11.8. The summed E-state index contributed by atoms with van der Waals surface area (Å²) in [5.74, 6) is -1.39. The standard InChI is InChI=1S/C16H16ClFN2O4S/c1-10(16(21)19-13-6-4-3-5-12(13)17)20-25(22,23)15-9-11(18)7-8-14(15)24-2/h3-10,20H,1-2H3,(H,19,21). The van der Waals surface area contributed by atoms with Gasteiger partial charge >= 0.3 is 0 Å². The number of hydrogen-bond acceptors (Lipinski definition) is 4. The molecule has 2 aromatic rings. The van der Waals surface area contributed by atoms with Crippen molar-refractivity contribution in [3.63, 3.8) is 0 Å². The third-order valence-electron chi connectivity index (χ3n) is 3.27. The molecule has 2 N–H and O–H groups in total. The molecule has 0 aliphatic heterocycles. The van der Waals surface area contributed by atoms with E-state index in [0.717, 1.165) is 12.1 Å². The number of carbonyl (C=O) groups is 1. The maximum absolute atomic E-state index is 13.4. The number of amides is 1. The molecule has 6 nitrogen and oxygen atoms in total. The Morgan fingerprint density at radius 3 is 2.56 bits per heavy atom. The number of carbonyl (C=O) groups excluding carboxylic acids is 1. The lowest BCUT2D eigenvalue weighted by atomic mass is 10.3. The minimum absolute atomic E-state index is 0.0346. The Balaban J connectivity index is 2.19. The lowest BCUT2D eigenvalue weighted by Gasteiger charge is -2.16. The molecule has 2 rings (SSSR count). The Kier molecular flexibility index (Phi) is 5.99. The minimum Gasteiger partial charge on any atom is -0.495 e. The van der Waals surface area contributed by atoms with Gasteiger partial charge in [-0.25, -0.2) is 12.8 Å². The zero-order valence-electron chi connectivity index (χ0n) is 13.4. The van der Waals surface area contributed by atoms with Gasteiger partial charge in [0, 0.05) is 0 Å². The number of methoxy groups -OCH3 is 1. The molecule has 0 bridgehead atoms. The fourth-order valence-electron chi connectivity index (χ4n) is 2.01. The Morgan fingerprint density at radius 1 is 1.24 bits per heavy atom. The molecule has 1 unspecified atom stereocenters. The summed E-state index contributed by atoms with van der Waals surface area (Å²) in [6.07, 6.45) is 0. The Bertz CT molecular complexity index is 889. The van der Waals surface area contributed by atoms with Crippen LogP contribution in [0.3, 0.4) is 0 Å². The number of nitrogens with one attached hydrogen (secondary N) is 2. The summed E-state index contributed by atoms with van der Waals surface area (Å²) in [5.41, 5.74) is 0.351. The van der Waals surface area contributed by atoms with Crippen molar-refractivity contribution >= 4 is 33.2 Å². The SMILES string of the molecule is COc1ccc(F)cc1S(=O)(=O)NC(C)C(=O)Nc1ccccc1Cl. The second kappa shape index (κ2) is 7.81. The number of benzene rings is 2. The zero-order chi connectivity index (χ0) is 18.6. The van der Waals surface area contributed by atoms with Crippen LogP contribution < -0.4 is 14.8 Å². The van der Waals surface area contributed by atoms with Crippen LogP contribution in [0.15, 0.2) is 47.4 Å². The normalized spacial score (nSPS) is 12.5. The fourth-order valence-corrected chi connectivity index (χ4v) is 3.58. The van der Waals surface area contributed by atoms with Crippen molar-refractivity contribution in [3.8, 4) is 5.75 Å².